The normalized spacial score (nSPS) is 29.2. The number of fused-ring (bicyclic) bond motifs is 1. The van der Waals surface area contributed by atoms with E-state index < -0.39 is 0 Å². The zero-order chi connectivity index (χ0) is 11.8. The first-order valence-corrected chi connectivity index (χ1v) is 6.13. The molecule has 2 unspecified atom stereocenters. The van der Waals surface area contributed by atoms with Crippen molar-refractivity contribution in [2.24, 2.45) is 7.05 Å². The Kier molecular flexibility index (Phi) is 2.72. The minimum atomic E-state index is -0.320. The molecule has 0 amide bonds. The van der Waals surface area contributed by atoms with E-state index in [1.54, 1.807) is 24.0 Å². The number of rotatable bonds is 2. The predicted molar refractivity (Wildman–Crippen MR) is 61.9 cm³/mol. The van der Waals surface area contributed by atoms with Crippen LogP contribution in [-0.2, 0) is 11.8 Å². The van der Waals surface area contributed by atoms with Gasteiger partial charge in [0.1, 0.15) is 11.8 Å². The van der Waals surface area contributed by atoms with Crippen LogP contribution in [0.4, 0.5) is 0 Å². The van der Waals surface area contributed by atoms with Crippen molar-refractivity contribution >= 4 is 5.78 Å². The highest BCUT2D eigenvalue weighted by molar-refractivity contribution is 5.98. The van der Waals surface area contributed by atoms with Crippen LogP contribution in [0.3, 0.4) is 0 Å². The van der Waals surface area contributed by atoms with E-state index in [1.807, 2.05) is 0 Å². The summed E-state index contributed by atoms with van der Waals surface area (Å²) in [7, 11) is 1.79. The van der Waals surface area contributed by atoms with Crippen molar-refractivity contribution in [2.45, 2.75) is 25.0 Å². The maximum atomic E-state index is 12.3. The Morgan fingerprint density at radius 2 is 2.47 bits per heavy atom. The number of aromatic nitrogens is 2. The molecule has 0 aliphatic carbocycles. The summed E-state index contributed by atoms with van der Waals surface area (Å²) in [5, 5.41) is 4.03. The van der Waals surface area contributed by atoms with Crippen LogP contribution in [0.1, 0.15) is 23.3 Å². The van der Waals surface area contributed by atoms with Gasteiger partial charge in [-0.3, -0.25) is 14.4 Å². The standard InChI is InChI=1S/C12H17N3O2/c1-14-10(4-5-13-14)12(16)11-7-15-6-2-3-9(15)8-17-11/h4-5,9,11H,2-3,6-8H2,1H3. The molecule has 1 aromatic rings. The molecule has 3 heterocycles. The van der Waals surface area contributed by atoms with E-state index in [1.165, 1.54) is 12.8 Å². The van der Waals surface area contributed by atoms with E-state index in [4.69, 9.17) is 4.74 Å². The first kappa shape index (κ1) is 10.9. The Labute approximate surface area is 100 Å². The van der Waals surface area contributed by atoms with Crippen LogP contribution in [0.2, 0.25) is 0 Å². The maximum absolute atomic E-state index is 12.3. The van der Waals surface area contributed by atoms with Gasteiger partial charge in [0.05, 0.1) is 6.61 Å². The molecule has 92 valence electrons. The maximum Gasteiger partial charge on any atom is 0.210 e. The molecule has 17 heavy (non-hydrogen) atoms. The summed E-state index contributed by atoms with van der Waals surface area (Å²) < 4.78 is 7.31. The summed E-state index contributed by atoms with van der Waals surface area (Å²) in [6.45, 7) is 2.52. The number of hydrogen-bond acceptors (Lipinski definition) is 4. The van der Waals surface area contributed by atoms with Crippen LogP contribution in [-0.4, -0.2) is 52.3 Å². The van der Waals surface area contributed by atoms with Crippen LogP contribution in [0.15, 0.2) is 12.3 Å². The van der Waals surface area contributed by atoms with Crippen molar-refractivity contribution in [3.63, 3.8) is 0 Å². The molecule has 2 aliphatic rings. The second-order valence-corrected chi connectivity index (χ2v) is 4.82. The van der Waals surface area contributed by atoms with E-state index >= 15 is 0 Å². The molecule has 2 fully saturated rings. The Bertz CT molecular complexity index is 429. The van der Waals surface area contributed by atoms with Gasteiger partial charge < -0.3 is 4.74 Å². The predicted octanol–water partition coefficient (Wildman–Crippen LogP) is 0.466. The third-order valence-electron chi connectivity index (χ3n) is 3.76. The summed E-state index contributed by atoms with van der Waals surface area (Å²) in [4.78, 5) is 14.6. The van der Waals surface area contributed by atoms with Crippen molar-refractivity contribution in [3.05, 3.63) is 18.0 Å². The highest BCUT2D eigenvalue weighted by atomic mass is 16.5. The Hall–Kier alpha value is -1.20. The fraction of sp³-hybridized carbons (Fsp3) is 0.667. The quantitative estimate of drug-likeness (QED) is 0.699. The Balaban J connectivity index is 1.73. The molecule has 0 aromatic carbocycles. The van der Waals surface area contributed by atoms with Gasteiger partial charge in [-0.1, -0.05) is 0 Å². The van der Waals surface area contributed by atoms with Gasteiger partial charge >= 0.3 is 0 Å². The molecule has 5 heteroatoms. The van der Waals surface area contributed by atoms with Gasteiger partial charge in [-0.2, -0.15) is 5.10 Å². The monoisotopic (exact) mass is 235 g/mol. The molecule has 2 atom stereocenters. The number of carbonyl (C=O) groups is 1. The van der Waals surface area contributed by atoms with Gasteiger partial charge in [-0.15, -0.1) is 0 Å². The van der Waals surface area contributed by atoms with Crippen molar-refractivity contribution in [3.8, 4) is 0 Å². The van der Waals surface area contributed by atoms with Gasteiger partial charge in [0, 0.05) is 25.8 Å². The molecule has 2 saturated heterocycles. The molecule has 0 N–H and O–H groups in total. The van der Waals surface area contributed by atoms with Gasteiger partial charge in [-0.05, 0) is 25.5 Å². The average molecular weight is 235 g/mol. The largest absolute Gasteiger partial charge is 0.367 e. The molecule has 1 aromatic heterocycles. The lowest BCUT2D eigenvalue weighted by Gasteiger charge is -2.34. The van der Waals surface area contributed by atoms with Crippen molar-refractivity contribution in [1.82, 2.24) is 14.7 Å². The molecule has 0 radical (unpaired) electrons. The number of aryl methyl sites for hydroxylation is 1. The van der Waals surface area contributed by atoms with Crippen LogP contribution in [0.25, 0.3) is 0 Å². The Morgan fingerprint density at radius 1 is 1.59 bits per heavy atom. The number of Topliss-reactive ketones (excluding diaryl/α,β-unsaturated/α-hetero) is 1. The molecular formula is C12H17N3O2. The highest BCUT2D eigenvalue weighted by Crippen LogP contribution is 2.23. The first-order chi connectivity index (χ1) is 8.25. The van der Waals surface area contributed by atoms with E-state index in [-0.39, 0.29) is 11.9 Å². The molecule has 0 spiro atoms. The number of hydrogen-bond donors (Lipinski definition) is 0. The van der Waals surface area contributed by atoms with Crippen LogP contribution < -0.4 is 0 Å². The Morgan fingerprint density at radius 3 is 3.24 bits per heavy atom. The first-order valence-electron chi connectivity index (χ1n) is 6.13. The SMILES string of the molecule is Cn1nccc1C(=O)C1CN2CCCC2CO1. The lowest BCUT2D eigenvalue weighted by Crippen LogP contribution is -2.49. The van der Waals surface area contributed by atoms with Gasteiger partial charge in [0.2, 0.25) is 5.78 Å². The zero-order valence-corrected chi connectivity index (χ0v) is 10.0. The fourth-order valence-corrected chi connectivity index (χ4v) is 2.76. The summed E-state index contributed by atoms with van der Waals surface area (Å²) in [6, 6.07) is 2.28. The number of nitrogens with zero attached hydrogens (tertiary/aromatic N) is 3. The molecule has 5 nitrogen and oxygen atoms in total. The highest BCUT2D eigenvalue weighted by Gasteiger charge is 2.36. The van der Waals surface area contributed by atoms with E-state index in [0.717, 1.165) is 13.1 Å². The van der Waals surface area contributed by atoms with Gasteiger partial charge in [-0.25, -0.2) is 0 Å². The molecule has 2 aliphatic heterocycles. The smallest absolute Gasteiger partial charge is 0.210 e. The van der Waals surface area contributed by atoms with E-state index in [9.17, 15) is 4.79 Å². The van der Waals surface area contributed by atoms with Crippen LogP contribution in [0, 0.1) is 0 Å². The lowest BCUT2D eigenvalue weighted by molar-refractivity contribution is -0.0348. The van der Waals surface area contributed by atoms with Crippen LogP contribution >= 0.6 is 0 Å². The summed E-state index contributed by atoms with van der Waals surface area (Å²) in [6.07, 6.45) is 3.75. The minimum Gasteiger partial charge on any atom is -0.367 e. The molecule has 0 bridgehead atoms. The van der Waals surface area contributed by atoms with Gasteiger partial charge in [0.15, 0.2) is 0 Å². The second-order valence-electron chi connectivity index (χ2n) is 4.82. The number of morpholine rings is 1. The van der Waals surface area contributed by atoms with Gasteiger partial charge in [0.25, 0.3) is 0 Å². The van der Waals surface area contributed by atoms with Crippen molar-refractivity contribution < 1.29 is 9.53 Å². The third kappa shape index (κ3) is 1.89. The zero-order valence-electron chi connectivity index (χ0n) is 10.0. The number of ketones is 1. The molecule has 3 rings (SSSR count). The summed E-state index contributed by atoms with van der Waals surface area (Å²) in [5.41, 5.74) is 0.632. The molecule has 0 saturated carbocycles. The summed E-state index contributed by atoms with van der Waals surface area (Å²) in [5.74, 6) is 0.0513. The number of ether oxygens (including phenoxy) is 1. The molecular weight excluding hydrogens is 218 g/mol. The van der Waals surface area contributed by atoms with E-state index in [2.05, 4.69) is 10.00 Å². The second kappa shape index (κ2) is 4.23. The van der Waals surface area contributed by atoms with Crippen molar-refractivity contribution in [2.75, 3.05) is 19.7 Å². The summed E-state index contributed by atoms with van der Waals surface area (Å²) >= 11 is 0. The number of carbonyl (C=O) groups excluding carboxylic acids is 1. The average Bonchev–Trinajstić information content (AvgIpc) is 2.95. The third-order valence-corrected chi connectivity index (χ3v) is 3.76. The van der Waals surface area contributed by atoms with E-state index in [0.29, 0.717) is 18.3 Å². The minimum absolute atomic E-state index is 0.0513. The van der Waals surface area contributed by atoms with Crippen LogP contribution in [0.5, 0.6) is 0 Å². The lowest BCUT2D eigenvalue weighted by atomic mass is 10.1. The topological polar surface area (TPSA) is 47.4 Å². The van der Waals surface area contributed by atoms with Crippen molar-refractivity contribution in [1.29, 1.82) is 0 Å². The fourth-order valence-electron chi connectivity index (χ4n) is 2.76.